The summed E-state index contributed by atoms with van der Waals surface area (Å²) in [6.45, 7) is 12.9. The van der Waals surface area contributed by atoms with E-state index in [1.165, 1.54) is 16.5 Å². The van der Waals surface area contributed by atoms with E-state index in [1.807, 2.05) is 53.1 Å². The fourth-order valence-electron chi connectivity index (χ4n) is 2.79. The molecule has 0 saturated carbocycles. The summed E-state index contributed by atoms with van der Waals surface area (Å²) in [5.74, 6) is 0. The molecule has 2 aliphatic heterocycles. The lowest BCUT2D eigenvalue weighted by Gasteiger charge is -2.37. The first-order chi connectivity index (χ1) is 13.8. The van der Waals surface area contributed by atoms with E-state index in [0.717, 1.165) is 13.1 Å². The number of benzene rings is 1. The smallest absolute Gasteiger partial charge is 0.410 e. The Morgan fingerprint density at radius 3 is 2.45 bits per heavy atom. The van der Waals surface area contributed by atoms with Crippen LogP contribution in [0.3, 0.4) is 0 Å². The predicted octanol–water partition coefficient (Wildman–Crippen LogP) is 3.21. The molecule has 0 atom stereocenters. The lowest BCUT2D eigenvalue weighted by Crippen LogP contribution is -2.58. The number of likely N-dealkylation sites (tertiary alicyclic amines) is 1. The van der Waals surface area contributed by atoms with E-state index < -0.39 is 5.60 Å². The molecule has 2 aromatic rings. The van der Waals surface area contributed by atoms with E-state index in [1.54, 1.807) is 4.90 Å². The Morgan fingerprint density at radius 1 is 1.21 bits per heavy atom. The number of fused-ring (bicyclic) bond motifs is 1. The van der Waals surface area contributed by atoms with Crippen molar-refractivity contribution in [3.8, 4) is 0 Å². The second kappa shape index (κ2) is 10.4. The molecule has 0 aliphatic carbocycles. The maximum absolute atomic E-state index is 11.2. The number of nitrogens with one attached hydrogen (secondary N) is 2. The molecule has 0 unspecified atom stereocenters. The van der Waals surface area contributed by atoms with Gasteiger partial charge in [-0.1, -0.05) is 19.9 Å². The van der Waals surface area contributed by atoms with Crippen molar-refractivity contribution < 1.29 is 9.53 Å². The highest BCUT2D eigenvalue weighted by Crippen LogP contribution is 2.19. The summed E-state index contributed by atoms with van der Waals surface area (Å²) in [6, 6.07) is 9.16. The Hall–Kier alpha value is -2.38. The average Bonchev–Trinajstić information content (AvgIpc) is 2.63. The van der Waals surface area contributed by atoms with Gasteiger partial charge in [-0.15, -0.1) is 0 Å². The summed E-state index contributed by atoms with van der Waals surface area (Å²) in [4.78, 5) is 16.9. The summed E-state index contributed by atoms with van der Waals surface area (Å²) in [6.07, 6.45) is 3.46. The number of nitrogens with zero attached hydrogens (tertiary/aromatic N) is 2. The van der Waals surface area contributed by atoms with E-state index >= 15 is 0 Å². The molecular formula is C22H35N5O2. The van der Waals surface area contributed by atoms with Crippen molar-refractivity contribution >= 4 is 22.6 Å². The zero-order valence-corrected chi connectivity index (χ0v) is 18.2. The van der Waals surface area contributed by atoms with Crippen molar-refractivity contribution in [2.24, 2.45) is 5.73 Å². The number of hydrogen-bond donors (Lipinski definition) is 3. The number of ether oxygens (including phenoxy) is 1. The molecule has 4 N–H and O–H groups in total. The first-order valence-corrected chi connectivity index (χ1v) is 10.3. The number of pyridine rings is 1. The average molecular weight is 402 g/mol. The van der Waals surface area contributed by atoms with Crippen LogP contribution in [0.5, 0.6) is 0 Å². The fraction of sp³-hybridized carbons (Fsp3) is 0.545. The van der Waals surface area contributed by atoms with Crippen LogP contribution in [0, 0.1) is 0 Å². The lowest BCUT2D eigenvalue weighted by atomic mass is 10.1. The topological polar surface area (TPSA) is 92.5 Å². The number of hydrogen-bond acceptors (Lipinski definition) is 6. The molecule has 0 radical (unpaired) electrons. The van der Waals surface area contributed by atoms with E-state index in [-0.39, 0.29) is 12.1 Å². The number of carbonyl (C=O) groups is 1. The molecule has 1 aromatic carbocycles. The van der Waals surface area contributed by atoms with Gasteiger partial charge < -0.3 is 26.0 Å². The summed E-state index contributed by atoms with van der Waals surface area (Å²) >= 11 is 0. The zero-order chi connectivity index (χ0) is 21.4. The van der Waals surface area contributed by atoms with Crippen molar-refractivity contribution in [2.75, 3.05) is 31.5 Å². The Labute approximate surface area is 174 Å². The molecule has 1 amide bonds. The van der Waals surface area contributed by atoms with Gasteiger partial charge in [-0.05, 0) is 44.4 Å². The number of carbonyl (C=O) groups excluding carboxylic acids is 1. The normalized spacial score (nSPS) is 16.4. The fourth-order valence-corrected chi connectivity index (χ4v) is 2.79. The Kier molecular flexibility index (Phi) is 8.22. The summed E-state index contributed by atoms with van der Waals surface area (Å²) < 4.78 is 5.12. The summed E-state index contributed by atoms with van der Waals surface area (Å²) in [5, 5.41) is 9.16. The van der Waals surface area contributed by atoms with E-state index in [4.69, 9.17) is 10.5 Å². The third kappa shape index (κ3) is 7.18. The van der Waals surface area contributed by atoms with Crippen molar-refractivity contribution in [2.45, 2.75) is 52.3 Å². The van der Waals surface area contributed by atoms with Gasteiger partial charge in [-0.3, -0.25) is 4.98 Å². The van der Waals surface area contributed by atoms with Crippen LogP contribution in [0.2, 0.25) is 0 Å². The molecule has 2 fully saturated rings. The van der Waals surface area contributed by atoms with Gasteiger partial charge >= 0.3 is 6.09 Å². The molecule has 0 spiro atoms. The largest absolute Gasteiger partial charge is 0.444 e. The van der Waals surface area contributed by atoms with Crippen LogP contribution in [-0.4, -0.2) is 59.8 Å². The molecule has 7 heteroatoms. The molecule has 2 aliphatic rings. The molecule has 29 heavy (non-hydrogen) atoms. The minimum absolute atomic E-state index is 0.137. The molecule has 160 valence electrons. The van der Waals surface area contributed by atoms with Crippen LogP contribution in [0.15, 0.2) is 36.7 Å². The van der Waals surface area contributed by atoms with Crippen LogP contribution >= 0.6 is 0 Å². The van der Waals surface area contributed by atoms with Gasteiger partial charge in [-0.2, -0.15) is 0 Å². The molecule has 1 aromatic heterocycles. The van der Waals surface area contributed by atoms with Crippen LogP contribution in [0.1, 0.15) is 34.6 Å². The van der Waals surface area contributed by atoms with E-state index in [0.29, 0.717) is 19.1 Å². The van der Waals surface area contributed by atoms with Gasteiger partial charge in [0.25, 0.3) is 0 Å². The van der Waals surface area contributed by atoms with Crippen molar-refractivity contribution in [1.29, 1.82) is 0 Å². The predicted molar refractivity (Wildman–Crippen MR) is 119 cm³/mol. The monoisotopic (exact) mass is 401 g/mol. The molecule has 0 bridgehead atoms. The van der Waals surface area contributed by atoms with E-state index in [2.05, 4.69) is 33.8 Å². The minimum Gasteiger partial charge on any atom is -0.444 e. The number of rotatable bonds is 2. The minimum atomic E-state index is -0.406. The second-order valence-corrected chi connectivity index (χ2v) is 8.08. The highest BCUT2D eigenvalue weighted by Gasteiger charge is 2.31. The molecule has 7 nitrogen and oxygen atoms in total. The number of aromatic nitrogens is 1. The van der Waals surface area contributed by atoms with Crippen LogP contribution in [0.25, 0.3) is 10.8 Å². The molecule has 2 saturated heterocycles. The highest BCUT2D eigenvalue weighted by molar-refractivity contribution is 5.84. The van der Waals surface area contributed by atoms with Crippen molar-refractivity contribution in [3.63, 3.8) is 0 Å². The lowest BCUT2D eigenvalue weighted by molar-refractivity contribution is 0.00883. The third-order valence-electron chi connectivity index (χ3n) is 4.35. The molecule has 3 heterocycles. The Morgan fingerprint density at radius 2 is 1.90 bits per heavy atom. The van der Waals surface area contributed by atoms with Crippen molar-refractivity contribution in [3.05, 3.63) is 36.7 Å². The molecule has 4 rings (SSSR count). The summed E-state index contributed by atoms with van der Waals surface area (Å²) in [7, 11) is 0. The van der Waals surface area contributed by atoms with Gasteiger partial charge in [0.15, 0.2) is 0 Å². The van der Waals surface area contributed by atoms with Gasteiger partial charge in [0, 0.05) is 55.7 Å². The molecular weight excluding hydrogens is 366 g/mol. The van der Waals surface area contributed by atoms with Gasteiger partial charge in [0.1, 0.15) is 5.60 Å². The highest BCUT2D eigenvalue weighted by atomic mass is 16.6. The van der Waals surface area contributed by atoms with Crippen LogP contribution < -0.4 is 16.4 Å². The van der Waals surface area contributed by atoms with Crippen LogP contribution in [-0.2, 0) is 4.74 Å². The second-order valence-electron chi connectivity index (χ2n) is 8.08. The Bertz CT molecular complexity index is 780. The third-order valence-corrected chi connectivity index (χ3v) is 4.35. The number of amides is 1. The van der Waals surface area contributed by atoms with Gasteiger partial charge in [-0.25, -0.2) is 4.79 Å². The van der Waals surface area contributed by atoms with Gasteiger partial charge in [0.2, 0.25) is 0 Å². The SMILES string of the molecule is CC.CC(C)(C)OC(=O)N1CC(N)C1.c1cc2cc(NC3CNC3)ccc2cn1. The number of anilines is 1. The first kappa shape index (κ1) is 22.9. The maximum Gasteiger partial charge on any atom is 0.410 e. The summed E-state index contributed by atoms with van der Waals surface area (Å²) in [5.41, 5.74) is 6.31. The quantitative estimate of drug-likeness (QED) is 0.716. The van der Waals surface area contributed by atoms with Gasteiger partial charge in [0.05, 0.1) is 6.04 Å². The van der Waals surface area contributed by atoms with Crippen molar-refractivity contribution in [1.82, 2.24) is 15.2 Å². The zero-order valence-electron chi connectivity index (χ0n) is 18.2. The standard InChI is InChI=1S/C12H13N3.C8H16N2O2.C2H6/c1-2-11(15-12-7-14-8-12)5-9-3-4-13-6-10(1)9;1-8(2,3)12-7(11)10-4-6(9)5-10;1-2/h1-6,12,14-15H,7-8H2;6H,4-5,9H2,1-3H3;1-2H3. The Balaban J connectivity index is 0.000000196. The number of nitrogens with two attached hydrogens (primary N) is 1. The first-order valence-electron chi connectivity index (χ1n) is 10.3. The maximum atomic E-state index is 11.2. The van der Waals surface area contributed by atoms with Crippen LogP contribution in [0.4, 0.5) is 10.5 Å². The van der Waals surface area contributed by atoms with E-state index in [9.17, 15) is 4.79 Å².